The molecule has 0 aromatic heterocycles. The lowest BCUT2D eigenvalue weighted by atomic mass is 9.77. The molecule has 4 atom stereocenters. The summed E-state index contributed by atoms with van der Waals surface area (Å²) in [5.41, 5.74) is 0.283. The topological polar surface area (TPSA) is 105 Å². The normalized spacial score (nSPS) is 27.2. The van der Waals surface area contributed by atoms with Gasteiger partial charge in [0, 0.05) is 29.6 Å². The van der Waals surface area contributed by atoms with Crippen molar-refractivity contribution in [3.63, 3.8) is 0 Å². The summed E-state index contributed by atoms with van der Waals surface area (Å²) in [7, 11) is 4.51. The molecule has 2 fully saturated rings. The van der Waals surface area contributed by atoms with Crippen LogP contribution in [0.5, 0.6) is 28.7 Å². The van der Waals surface area contributed by atoms with Crippen molar-refractivity contribution >= 4 is 23.2 Å². The van der Waals surface area contributed by atoms with E-state index >= 15 is 0 Å². The van der Waals surface area contributed by atoms with Crippen LogP contribution < -0.4 is 33.9 Å². The number of anilines is 2. The molecule has 2 amide bonds. The van der Waals surface area contributed by atoms with E-state index in [1.54, 1.807) is 29.2 Å². The molecule has 0 saturated carbocycles. The highest BCUT2D eigenvalue weighted by atomic mass is 16.7. The minimum atomic E-state index is -0.852. The third-order valence-corrected chi connectivity index (χ3v) is 7.00. The van der Waals surface area contributed by atoms with Crippen LogP contribution in [0.4, 0.5) is 11.4 Å². The Kier molecular flexibility index (Phi) is 4.82. The largest absolute Gasteiger partial charge is 0.493 e. The molecule has 35 heavy (non-hydrogen) atoms. The highest BCUT2D eigenvalue weighted by Crippen LogP contribution is 2.53. The Balaban J connectivity index is 1.28. The predicted octanol–water partition coefficient (Wildman–Crippen LogP) is 2.37. The van der Waals surface area contributed by atoms with Gasteiger partial charge in [-0.1, -0.05) is 12.2 Å². The highest BCUT2D eigenvalue weighted by Gasteiger charge is 2.67. The summed E-state index contributed by atoms with van der Waals surface area (Å²) in [5, 5.41) is 2.91. The summed E-state index contributed by atoms with van der Waals surface area (Å²) in [6, 6.07) is 8.66. The van der Waals surface area contributed by atoms with Gasteiger partial charge in [-0.15, -0.1) is 0 Å². The van der Waals surface area contributed by atoms with E-state index in [4.69, 9.17) is 28.4 Å². The Labute approximate surface area is 201 Å². The zero-order valence-corrected chi connectivity index (χ0v) is 19.4. The quantitative estimate of drug-likeness (QED) is 0.629. The summed E-state index contributed by atoms with van der Waals surface area (Å²) in [4.78, 5) is 28.8. The van der Waals surface area contributed by atoms with Gasteiger partial charge in [0.1, 0.15) is 5.60 Å². The fourth-order valence-electron chi connectivity index (χ4n) is 5.45. The van der Waals surface area contributed by atoms with Gasteiger partial charge in [-0.25, -0.2) is 0 Å². The van der Waals surface area contributed by atoms with Gasteiger partial charge < -0.3 is 38.6 Å². The lowest BCUT2D eigenvalue weighted by Gasteiger charge is -2.24. The van der Waals surface area contributed by atoms with Crippen LogP contribution in [0.25, 0.3) is 0 Å². The van der Waals surface area contributed by atoms with Gasteiger partial charge in [0.25, 0.3) is 0 Å². The predicted molar refractivity (Wildman–Crippen MR) is 123 cm³/mol. The number of benzene rings is 2. The number of ether oxygens (including phenoxy) is 6. The molecular formula is C25H24N2O8. The standard InChI is InChI=1S/C25H24N2O8/c1-30-18-8-13(9-19(31-2)22(18)32-3)26-23(28)20-16-6-7-25(35-16)11-27(24(29)21(20)25)14-4-5-15-17(10-14)34-12-33-15/h4-10,16,20-21H,11-12H2,1-3H3,(H,26,28)/t16-,20+,21+,25+/m0/s1. The lowest BCUT2D eigenvalue weighted by molar-refractivity contribution is -0.128. The summed E-state index contributed by atoms with van der Waals surface area (Å²) in [6.07, 6.45) is 3.30. The Morgan fingerprint density at radius 1 is 1.06 bits per heavy atom. The van der Waals surface area contributed by atoms with Crippen LogP contribution in [0.15, 0.2) is 42.5 Å². The number of fused-ring (bicyclic) bond motifs is 2. The van der Waals surface area contributed by atoms with Gasteiger partial charge in [0.05, 0.1) is 45.8 Å². The zero-order chi connectivity index (χ0) is 24.3. The molecule has 4 aliphatic heterocycles. The molecule has 0 aliphatic carbocycles. The minimum absolute atomic E-state index is 0.149. The molecular weight excluding hydrogens is 456 g/mol. The van der Waals surface area contributed by atoms with Crippen LogP contribution in [0, 0.1) is 11.8 Å². The van der Waals surface area contributed by atoms with Gasteiger partial charge >= 0.3 is 0 Å². The van der Waals surface area contributed by atoms with Gasteiger partial charge in [-0.05, 0) is 12.1 Å². The Morgan fingerprint density at radius 3 is 2.51 bits per heavy atom. The van der Waals surface area contributed by atoms with Crippen LogP contribution in [0.1, 0.15) is 0 Å². The molecule has 6 rings (SSSR count). The second-order valence-electron chi connectivity index (χ2n) is 8.77. The second-order valence-corrected chi connectivity index (χ2v) is 8.77. The van der Waals surface area contributed by atoms with Gasteiger partial charge in [0.15, 0.2) is 23.0 Å². The molecule has 10 heteroatoms. The van der Waals surface area contributed by atoms with Crippen LogP contribution in [0.2, 0.25) is 0 Å². The molecule has 0 unspecified atom stereocenters. The zero-order valence-electron chi connectivity index (χ0n) is 19.4. The maximum absolute atomic E-state index is 13.6. The maximum Gasteiger partial charge on any atom is 0.234 e. The molecule has 10 nitrogen and oxygen atoms in total. The average molecular weight is 480 g/mol. The van der Waals surface area contributed by atoms with E-state index in [0.717, 1.165) is 0 Å². The van der Waals surface area contributed by atoms with Crippen LogP contribution in [0.3, 0.4) is 0 Å². The average Bonchev–Trinajstić information content (AvgIpc) is 3.63. The van der Waals surface area contributed by atoms with Gasteiger partial charge in [-0.3, -0.25) is 9.59 Å². The molecule has 182 valence electrons. The lowest BCUT2D eigenvalue weighted by Crippen LogP contribution is -2.41. The van der Waals surface area contributed by atoms with Crippen molar-refractivity contribution in [2.24, 2.45) is 11.8 Å². The molecule has 2 aromatic rings. The van der Waals surface area contributed by atoms with E-state index in [-0.39, 0.29) is 18.6 Å². The van der Waals surface area contributed by atoms with Crippen LogP contribution in [-0.4, -0.2) is 58.2 Å². The van der Waals surface area contributed by atoms with Crippen molar-refractivity contribution in [1.82, 2.24) is 0 Å². The smallest absolute Gasteiger partial charge is 0.234 e. The van der Waals surface area contributed by atoms with Crippen LogP contribution in [-0.2, 0) is 14.3 Å². The molecule has 2 saturated heterocycles. The molecule has 2 aromatic carbocycles. The molecule has 4 heterocycles. The summed E-state index contributed by atoms with van der Waals surface area (Å²) >= 11 is 0. The van der Waals surface area contributed by atoms with Gasteiger partial charge in [-0.2, -0.15) is 0 Å². The SMILES string of the molecule is COc1cc(NC(=O)[C@@H]2[C@@H]3C=C[C@]4(CN(c5ccc6c(c5)OCO6)C(=O)[C@@H]24)O3)cc(OC)c1OC. The third-order valence-electron chi connectivity index (χ3n) is 7.00. The number of carbonyl (C=O) groups is 2. The summed E-state index contributed by atoms with van der Waals surface area (Å²) < 4.78 is 33.2. The number of carbonyl (C=O) groups excluding carboxylic acids is 2. The van der Waals surface area contributed by atoms with Crippen molar-refractivity contribution in [2.45, 2.75) is 11.7 Å². The monoisotopic (exact) mass is 480 g/mol. The Bertz CT molecular complexity index is 1240. The van der Waals surface area contributed by atoms with E-state index in [1.807, 2.05) is 18.2 Å². The second kappa shape index (κ2) is 7.81. The van der Waals surface area contributed by atoms with E-state index in [9.17, 15) is 9.59 Å². The van der Waals surface area contributed by atoms with Crippen molar-refractivity contribution in [1.29, 1.82) is 0 Å². The van der Waals surface area contributed by atoms with Gasteiger partial charge in [0.2, 0.25) is 24.4 Å². The number of methoxy groups -OCH3 is 3. The van der Waals surface area contributed by atoms with Crippen molar-refractivity contribution in [3.05, 3.63) is 42.5 Å². The fourth-order valence-corrected chi connectivity index (χ4v) is 5.45. The third kappa shape index (κ3) is 3.13. The molecule has 1 N–H and O–H groups in total. The first-order valence-electron chi connectivity index (χ1n) is 11.2. The molecule has 0 radical (unpaired) electrons. The summed E-state index contributed by atoms with van der Waals surface area (Å²) in [5.74, 6) is 0.643. The van der Waals surface area contributed by atoms with Crippen LogP contribution >= 0.6 is 0 Å². The Morgan fingerprint density at radius 2 is 1.80 bits per heavy atom. The maximum atomic E-state index is 13.6. The first-order valence-corrected chi connectivity index (χ1v) is 11.2. The number of hydrogen-bond donors (Lipinski definition) is 1. The number of rotatable bonds is 6. The van der Waals surface area contributed by atoms with Crippen molar-refractivity contribution < 1.29 is 38.0 Å². The molecule has 4 aliphatic rings. The summed E-state index contributed by atoms with van der Waals surface area (Å²) in [6.45, 7) is 0.465. The van der Waals surface area contributed by atoms with E-state index in [1.165, 1.54) is 21.3 Å². The van der Waals surface area contributed by atoms with E-state index in [0.29, 0.717) is 46.7 Å². The number of nitrogens with zero attached hydrogens (tertiary/aromatic N) is 1. The number of hydrogen-bond acceptors (Lipinski definition) is 8. The first-order chi connectivity index (χ1) is 17.0. The van der Waals surface area contributed by atoms with E-state index < -0.39 is 23.5 Å². The van der Waals surface area contributed by atoms with Crippen molar-refractivity contribution in [2.75, 3.05) is 44.9 Å². The molecule has 1 spiro atoms. The fraction of sp³-hybridized carbons (Fsp3) is 0.360. The number of amides is 2. The molecule has 2 bridgehead atoms. The minimum Gasteiger partial charge on any atom is -0.493 e. The first kappa shape index (κ1) is 21.6. The number of nitrogens with one attached hydrogen (secondary N) is 1. The Hall–Kier alpha value is -3.92. The van der Waals surface area contributed by atoms with Crippen molar-refractivity contribution in [3.8, 4) is 28.7 Å². The highest BCUT2D eigenvalue weighted by molar-refractivity contribution is 6.05. The van der Waals surface area contributed by atoms with E-state index in [2.05, 4.69) is 5.32 Å².